The van der Waals surface area contributed by atoms with Gasteiger partial charge in [-0.1, -0.05) is 25.5 Å². The van der Waals surface area contributed by atoms with E-state index < -0.39 is 0 Å². The Balaban J connectivity index is 2.72. The lowest BCUT2D eigenvalue weighted by Crippen LogP contribution is -1.97. The fourth-order valence-electron chi connectivity index (χ4n) is 1.75. The van der Waals surface area contributed by atoms with E-state index in [0.29, 0.717) is 4.73 Å². The van der Waals surface area contributed by atoms with Crippen molar-refractivity contribution in [1.82, 2.24) is 9.97 Å². The third-order valence-corrected chi connectivity index (χ3v) is 2.80. The zero-order chi connectivity index (χ0) is 11.5. The molecule has 2 rings (SSSR count). The summed E-state index contributed by atoms with van der Waals surface area (Å²) in [6, 6.07) is 5.92. The molecule has 0 saturated heterocycles. The summed E-state index contributed by atoms with van der Waals surface area (Å²) in [6.45, 7) is 2.14. The molecule has 0 bridgehead atoms. The molecule has 84 valence electrons. The number of fused-ring (bicyclic) bond motifs is 1. The van der Waals surface area contributed by atoms with Gasteiger partial charge in [-0.25, -0.2) is 9.97 Å². The van der Waals surface area contributed by atoms with E-state index in [9.17, 15) is 0 Å². The van der Waals surface area contributed by atoms with Crippen LogP contribution in [0.3, 0.4) is 0 Å². The summed E-state index contributed by atoms with van der Waals surface area (Å²) in [4.78, 5) is 8.79. The minimum absolute atomic E-state index is 0.618. The number of methoxy groups -OCH3 is 1. The first-order valence-corrected chi connectivity index (χ1v) is 6.04. The standard InChI is InChI=1S/C12H13BrN2O/c1-3-5-9-8-6-4-7-10(16-2)11(8)15-12(13)14-9/h4,6-7H,3,5H2,1-2H3. The number of hydrogen-bond donors (Lipinski definition) is 0. The van der Waals surface area contributed by atoms with E-state index in [1.165, 1.54) is 0 Å². The second-order valence-electron chi connectivity index (χ2n) is 3.55. The highest BCUT2D eigenvalue weighted by atomic mass is 79.9. The molecule has 1 heterocycles. The van der Waals surface area contributed by atoms with Crippen LogP contribution in [0.5, 0.6) is 5.75 Å². The first-order valence-electron chi connectivity index (χ1n) is 5.25. The van der Waals surface area contributed by atoms with Gasteiger partial charge in [0.2, 0.25) is 0 Å². The molecule has 16 heavy (non-hydrogen) atoms. The number of aromatic nitrogens is 2. The first kappa shape index (κ1) is 11.3. The van der Waals surface area contributed by atoms with Crippen molar-refractivity contribution in [3.63, 3.8) is 0 Å². The van der Waals surface area contributed by atoms with Gasteiger partial charge in [0.1, 0.15) is 11.3 Å². The van der Waals surface area contributed by atoms with E-state index >= 15 is 0 Å². The number of aryl methyl sites for hydroxylation is 1. The summed E-state index contributed by atoms with van der Waals surface area (Å²) < 4.78 is 5.92. The second kappa shape index (κ2) is 4.78. The summed E-state index contributed by atoms with van der Waals surface area (Å²) in [7, 11) is 1.66. The van der Waals surface area contributed by atoms with Gasteiger partial charge in [-0.3, -0.25) is 0 Å². The third kappa shape index (κ3) is 2.02. The molecule has 0 atom stereocenters. The molecule has 0 aliphatic rings. The molecule has 0 aliphatic carbocycles. The average molecular weight is 281 g/mol. The Labute approximate surface area is 103 Å². The molecule has 0 spiro atoms. The predicted molar refractivity (Wildman–Crippen MR) is 67.8 cm³/mol. The molecule has 1 aromatic heterocycles. The summed E-state index contributed by atoms with van der Waals surface area (Å²) in [5, 5.41) is 1.07. The third-order valence-electron chi connectivity index (χ3n) is 2.45. The van der Waals surface area contributed by atoms with Crippen molar-refractivity contribution in [2.45, 2.75) is 19.8 Å². The minimum atomic E-state index is 0.618. The van der Waals surface area contributed by atoms with Crippen LogP contribution in [0.2, 0.25) is 0 Å². The molecule has 0 N–H and O–H groups in total. The number of para-hydroxylation sites is 1. The molecule has 3 nitrogen and oxygen atoms in total. The summed E-state index contributed by atoms with van der Waals surface area (Å²) in [5.41, 5.74) is 1.94. The zero-order valence-electron chi connectivity index (χ0n) is 9.33. The van der Waals surface area contributed by atoms with Gasteiger partial charge < -0.3 is 4.74 Å². The monoisotopic (exact) mass is 280 g/mol. The number of hydrogen-bond acceptors (Lipinski definition) is 3. The smallest absolute Gasteiger partial charge is 0.197 e. The maximum absolute atomic E-state index is 5.30. The van der Waals surface area contributed by atoms with Gasteiger partial charge in [0.05, 0.1) is 12.8 Å². The molecule has 0 unspecified atom stereocenters. The Morgan fingerprint density at radius 2 is 2.12 bits per heavy atom. The van der Waals surface area contributed by atoms with Crippen LogP contribution in [-0.2, 0) is 6.42 Å². The van der Waals surface area contributed by atoms with Crippen LogP contribution in [0.1, 0.15) is 19.0 Å². The Bertz CT molecular complexity index is 514. The molecule has 0 saturated carbocycles. The molecule has 2 aromatic rings. The Morgan fingerprint density at radius 3 is 2.81 bits per heavy atom. The molecule has 0 fully saturated rings. The molecule has 1 aromatic carbocycles. The molecular weight excluding hydrogens is 268 g/mol. The largest absolute Gasteiger partial charge is 0.494 e. The van der Waals surface area contributed by atoms with Crippen LogP contribution < -0.4 is 4.74 Å². The fourth-order valence-corrected chi connectivity index (χ4v) is 2.14. The predicted octanol–water partition coefficient (Wildman–Crippen LogP) is 3.35. The van der Waals surface area contributed by atoms with Crippen molar-refractivity contribution in [2.24, 2.45) is 0 Å². The number of ether oxygens (including phenoxy) is 1. The molecule has 0 amide bonds. The van der Waals surface area contributed by atoms with Crippen LogP contribution in [0.4, 0.5) is 0 Å². The second-order valence-corrected chi connectivity index (χ2v) is 4.26. The van der Waals surface area contributed by atoms with E-state index in [2.05, 4.69) is 32.8 Å². The van der Waals surface area contributed by atoms with Crippen LogP contribution in [0.15, 0.2) is 22.9 Å². The topological polar surface area (TPSA) is 35.0 Å². The van der Waals surface area contributed by atoms with Gasteiger partial charge in [-0.05, 0) is 28.4 Å². The number of halogens is 1. The number of benzene rings is 1. The van der Waals surface area contributed by atoms with Crippen molar-refractivity contribution in [3.05, 3.63) is 28.6 Å². The van der Waals surface area contributed by atoms with Crippen LogP contribution in [0.25, 0.3) is 10.9 Å². The van der Waals surface area contributed by atoms with Gasteiger partial charge >= 0.3 is 0 Å². The maximum Gasteiger partial charge on any atom is 0.197 e. The van der Waals surface area contributed by atoms with Gasteiger partial charge in [-0.2, -0.15) is 0 Å². The van der Waals surface area contributed by atoms with Crippen LogP contribution in [0, 0.1) is 0 Å². The molecular formula is C12H13BrN2O. The average Bonchev–Trinajstić information content (AvgIpc) is 2.28. The minimum Gasteiger partial charge on any atom is -0.494 e. The highest BCUT2D eigenvalue weighted by Crippen LogP contribution is 2.27. The lowest BCUT2D eigenvalue weighted by atomic mass is 10.1. The Kier molecular flexibility index (Phi) is 3.39. The van der Waals surface area contributed by atoms with E-state index in [0.717, 1.165) is 35.2 Å². The van der Waals surface area contributed by atoms with Gasteiger partial charge in [0, 0.05) is 5.39 Å². The lowest BCUT2D eigenvalue weighted by molar-refractivity contribution is 0.418. The quantitative estimate of drug-likeness (QED) is 0.809. The molecule has 0 aliphatic heterocycles. The zero-order valence-corrected chi connectivity index (χ0v) is 10.9. The lowest BCUT2D eigenvalue weighted by Gasteiger charge is -2.08. The highest BCUT2D eigenvalue weighted by Gasteiger charge is 2.09. The van der Waals surface area contributed by atoms with Crippen molar-refractivity contribution in [2.75, 3.05) is 7.11 Å². The Morgan fingerprint density at radius 1 is 1.31 bits per heavy atom. The Hall–Kier alpha value is -1.16. The van der Waals surface area contributed by atoms with Crippen molar-refractivity contribution < 1.29 is 4.74 Å². The molecule has 0 radical (unpaired) electrons. The summed E-state index contributed by atoms with van der Waals surface area (Å²) in [5.74, 6) is 0.790. The maximum atomic E-state index is 5.30. The SMILES string of the molecule is CCCc1nc(Br)nc2c(OC)cccc12. The van der Waals surface area contributed by atoms with Gasteiger partial charge in [-0.15, -0.1) is 0 Å². The van der Waals surface area contributed by atoms with Crippen molar-refractivity contribution >= 4 is 26.8 Å². The van der Waals surface area contributed by atoms with E-state index in [1.807, 2.05) is 18.2 Å². The number of rotatable bonds is 3. The van der Waals surface area contributed by atoms with Crippen LogP contribution >= 0.6 is 15.9 Å². The molecule has 4 heteroatoms. The number of nitrogens with zero attached hydrogens (tertiary/aromatic N) is 2. The van der Waals surface area contributed by atoms with Crippen molar-refractivity contribution in [3.8, 4) is 5.75 Å². The van der Waals surface area contributed by atoms with Crippen molar-refractivity contribution in [1.29, 1.82) is 0 Å². The van der Waals surface area contributed by atoms with E-state index in [-0.39, 0.29) is 0 Å². The highest BCUT2D eigenvalue weighted by molar-refractivity contribution is 9.10. The van der Waals surface area contributed by atoms with Crippen LogP contribution in [-0.4, -0.2) is 17.1 Å². The normalized spacial score (nSPS) is 10.7. The van der Waals surface area contributed by atoms with E-state index in [4.69, 9.17) is 4.74 Å². The summed E-state index contributed by atoms with van der Waals surface area (Å²) in [6.07, 6.45) is 2.01. The fraction of sp³-hybridized carbons (Fsp3) is 0.333. The first-order chi connectivity index (χ1) is 7.76. The van der Waals surface area contributed by atoms with Gasteiger partial charge in [0.15, 0.2) is 4.73 Å². The summed E-state index contributed by atoms with van der Waals surface area (Å²) >= 11 is 3.34. The van der Waals surface area contributed by atoms with E-state index in [1.54, 1.807) is 7.11 Å². The van der Waals surface area contributed by atoms with Gasteiger partial charge in [0.25, 0.3) is 0 Å².